The van der Waals surface area contributed by atoms with E-state index in [1.165, 1.54) is 5.56 Å². The minimum atomic E-state index is -0.884. The maximum absolute atomic E-state index is 12.1. The lowest BCUT2D eigenvalue weighted by molar-refractivity contribution is -0.157. The van der Waals surface area contributed by atoms with E-state index < -0.39 is 12.1 Å². The zero-order chi connectivity index (χ0) is 19.4. The van der Waals surface area contributed by atoms with Crippen molar-refractivity contribution < 1.29 is 23.8 Å². The van der Waals surface area contributed by atoms with E-state index in [1.807, 2.05) is 45.0 Å². The molecule has 1 amide bonds. The molecule has 27 heavy (non-hydrogen) atoms. The van der Waals surface area contributed by atoms with Gasteiger partial charge < -0.3 is 19.5 Å². The number of hydrogen-bond acceptors (Lipinski definition) is 5. The lowest BCUT2D eigenvalue weighted by Gasteiger charge is -2.25. The average Bonchev–Trinajstić information content (AvgIpc) is 2.67. The predicted molar refractivity (Wildman–Crippen MR) is 99.8 cm³/mol. The minimum Gasteiger partial charge on any atom is -0.485 e. The van der Waals surface area contributed by atoms with Crippen molar-refractivity contribution in [2.75, 3.05) is 13.2 Å². The Morgan fingerprint density at radius 2 is 1.89 bits per heavy atom. The number of esters is 1. The lowest BCUT2D eigenvalue weighted by Crippen LogP contribution is -2.40. The number of fused-ring (bicyclic) bond motifs is 1. The van der Waals surface area contributed by atoms with Crippen LogP contribution in [0.1, 0.15) is 29.7 Å². The standard InChI is InChI=1S/C21H23NO5/c1-13-8-9-16(10-14(13)2)15(3)22-20(23)12-26-21(24)19-11-25-17-6-4-5-7-18(17)27-19/h4-10,15,19H,11-12H2,1-3H3,(H,22,23)/t15-,19-/m0/s1. The fraction of sp³-hybridized carbons (Fsp3) is 0.333. The molecule has 0 saturated carbocycles. The van der Waals surface area contributed by atoms with Crippen molar-refractivity contribution >= 4 is 11.9 Å². The molecule has 1 heterocycles. The highest BCUT2D eigenvalue weighted by Crippen LogP contribution is 2.31. The first kappa shape index (κ1) is 18.8. The van der Waals surface area contributed by atoms with Gasteiger partial charge in [-0.25, -0.2) is 4.79 Å². The maximum Gasteiger partial charge on any atom is 0.351 e. The number of aryl methyl sites for hydroxylation is 2. The molecule has 2 aromatic rings. The number of rotatable bonds is 5. The van der Waals surface area contributed by atoms with Gasteiger partial charge in [0.15, 0.2) is 18.1 Å². The van der Waals surface area contributed by atoms with Crippen LogP contribution < -0.4 is 14.8 Å². The molecule has 0 fully saturated rings. The zero-order valence-corrected chi connectivity index (χ0v) is 15.7. The summed E-state index contributed by atoms with van der Waals surface area (Å²) in [5.41, 5.74) is 3.36. The van der Waals surface area contributed by atoms with Crippen LogP contribution in [0.4, 0.5) is 0 Å². The second kappa shape index (κ2) is 8.12. The van der Waals surface area contributed by atoms with Gasteiger partial charge in [-0.05, 0) is 49.6 Å². The van der Waals surface area contributed by atoms with E-state index in [-0.39, 0.29) is 25.2 Å². The number of para-hydroxylation sites is 2. The summed E-state index contributed by atoms with van der Waals surface area (Å²) in [6.45, 7) is 5.64. The van der Waals surface area contributed by atoms with Crippen molar-refractivity contribution in [2.24, 2.45) is 0 Å². The van der Waals surface area contributed by atoms with Crippen LogP contribution in [0.15, 0.2) is 42.5 Å². The highest BCUT2D eigenvalue weighted by atomic mass is 16.6. The molecular formula is C21H23NO5. The Morgan fingerprint density at radius 3 is 2.63 bits per heavy atom. The molecule has 6 nitrogen and oxygen atoms in total. The van der Waals surface area contributed by atoms with E-state index in [0.717, 1.165) is 11.1 Å². The number of hydrogen-bond donors (Lipinski definition) is 1. The molecule has 0 radical (unpaired) electrons. The van der Waals surface area contributed by atoms with Gasteiger partial charge in [-0.3, -0.25) is 4.79 Å². The molecule has 142 valence electrons. The summed E-state index contributed by atoms with van der Waals surface area (Å²) in [5, 5.41) is 2.83. The fourth-order valence-electron chi connectivity index (χ4n) is 2.77. The van der Waals surface area contributed by atoms with E-state index >= 15 is 0 Å². The summed E-state index contributed by atoms with van der Waals surface area (Å²) in [7, 11) is 0. The van der Waals surface area contributed by atoms with Gasteiger partial charge >= 0.3 is 5.97 Å². The first-order chi connectivity index (χ1) is 12.9. The minimum absolute atomic E-state index is 0.0521. The van der Waals surface area contributed by atoms with E-state index in [9.17, 15) is 9.59 Å². The number of nitrogens with one attached hydrogen (secondary N) is 1. The first-order valence-corrected chi connectivity index (χ1v) is 8.85. The average molecular weight is 369 g/mol. The number of amides is 1. The monoisotopic (exact) mass is 369 g/mol. The van der Waals surface area contributed by atoms with Gasteiger partial charge in [-0.2, -0.15) is 0 Å². The third kappa shape index (κ3) is 4.58. The van der Waals surface area contributed by atoms with Crippen LogP contribution in [-0.4, -0.2) is 31.2 Å². The molecule has 0 aliphatic carbocycles. The van der Waals surface area contributed by atoms with Crippen molar-refractivity contribution in [1.29, 1.82) is 0 Å². The number of benzene rings is 2. The van der Waals surface area contributed by atoms with Crippen LogP contribution in [0.5, 0.6) is 11.5 Å². The van der Waals surface area contributed by atoms with Gasteiger partial charge in [0, 0.05) is 0 Å². The quantitative estimate of drug-likeness (QED) is 0.821. The summed E-state index contributed by atoms with van der Waals surface area (Å²) in [6, 6.07) is 12.9. The number of carbonyl (C=O) groups is 2. The normalized spacial score (nSPS) is 16.3. The van der Waals surface area contributed by atoms with Crippen LogP contribution in [0, 0.1) is 13.8 Å². The molecule has 1 aliphatic heterocycles. The molecular weight excluding hydrogens is 346 g/mol. The van der Waals surface area contributed by atoms with Gasteiger partial charge in [0.2, 0.25) is 6.10 Å². The van der Waals surface area contributed by atoms with Gasteiger partial charge in [0.05, 0.1) is 6.04 Å². The van der Waals surface area contributed by atoms with E-state index in [1.54, 1.807) is 18.2 Å². The number of ether oxygens (including phenoxy) is 3. The van der Waals surface area contributed by atoms with E-state index in [4.69, 9.17) is 14.2 Å². The Hall–Kier alpha value is -3.02. The number of carbonyl (C=O) groups excluding carboxylic acids is 2. The Morgan fingerprint density at radius 1 is 1.15 bits per heavy atom. The molecule has 2 atom stereocenters. The summed E-state index contributed by atoms with van der Waals surface area (Å²) in [6.07, 6.45) is -0.884. The van der Waals surface area contributed by atoms with E-state index in [0.29, 0.717) is 11.5 Å². The van der Waals surface area contributed by atoms with Crippen LogP contribution in [0.2, 0.25) is 0 Å². The molecule has 0 spiro atoms. The highest BCUT2D eigenvalue weighted by molar-refractivity contribution is 5.82. The second-order valence-electron chi connectivity index (χ2n) is 6.60. The first-order valence-electron chi connectivity index (χ1n) is 8.85. The summed E-state index contributed by atoms with van der Waals surface area (Å²) >= 11 is 0. The summed E-state index contributed by atoms with van der Waals surface area (Å²) in [5.74, 6) is 0.0738. The SMILES string of the molecule is Cc1ccc([C@H](C)NC(=O)COC(=O)[C@@H]2COc3ccccc3O2)cc1C. The van der Waals surface area contributed by atoms with Crippen LogP contribution in [0.25, 0.3) is 0 Å². The molecule has 3 rings (SSSR count). The van der Waals surface area contributed by atoms with Gasteiger partial charge in [-0.1, -0.05) is 30.3 Å². The van der Waals surface area contributed by atoms with Crippen molar-refractivity contribution in [1.82, 2.24) is 5.32 Å². The Labute approximate surface area is 158 Å². The van der Waals surface area contributed by atoms with E-state index in [2.05, 4.69) is 5.32 Å². The van der Waals surface area contributed by atoms with Crippen molar-refractivity contribution in [3.05, 3.63) is 59.2 Å². The molecule has 1 aliphatic rings. The third-order valence-electron chi connectivity index (χ3n) is 4.53. The summed E-state index contributed by atoms with van der Waals surface area (Å²) in [4.78, 5) is 24.2. The van der Waals surface area contributed by atoms with Crippen LogP contribution in [0.3, 0.4) is 0 Å². The summed E-state index contributed by atoms with van der Waals surface area (Å²) < 4.78 is 16.1. The maximum atomic E-state index is 12.1. The largest absolute Gasteiger partial charge is 0.485 e. The topological polar surface area (TPSA) is 73.9 Å². The smallest absolute Gasteiger partial charge is 0.351 e. The van der Waals surface area contributed by atoms with Crippen LogP contribution >= 0.6 is 0 Å². The van der Waals surface area contributed by atoms with Crippen molar-refractivity contribution in [3.63, 3.8) is 0 Å². The van der Waals surface area contributed by atoms with Crippen molar-refractivity contribution in [2.45, 2.75) is 32.9 Å². The van der Waals surface area contributed by atoms with Gasteiger partial charge in [0.25, 0.3) is 5.91 Å². The molecule has 0 saturated heterocycles. The Balaban J connectivity index is 1.49. The molecule has 0 unspecified atom stereocenters. The third-order valence-corrected chi connectivity index (χ3v) is 4.53. The van der Waals surface area contributed by atoms with Gasteiger partial charge in [-0.15, -0.1) is 0 Å². The van der Waals surface area contributed by atoms with Crippen LogP contribution in [-0.2, 0) is 14.3 Å². The Kier molecular flexibility index (Phi) is 5.64. The molecule has 0 bridgehead atoms. The lowest BCUT2D eigenvalue weighted by atomic mass is 10.0. The molecule has 0 aromatic heterocycles. The highest BCUT2D eigenvalue weighted by Gasteiger charge is 2.29. The molecule has 6 heteroatoms. The fourth-order valence-corrected chi connectivity index (χ4v) is 2.77. The second-order valence-corrected chi connectivity index (χ2v) is 6.60. The predicted octanol–water partition coefficient (Wildman–Crippen LogP) is 2.86. The van der Waals surface area contributed by atoms with Gasteiger partial charge in [0.1, 0.15) is 6.61 Å². The Bertz CT molecular complexity index is 848. The molecule has 2 aromatic carbocycles. The zero-order valence-electron chi connectivity index (χ0n) is 15.7. The molecule has 1 N–H and O–H groups in total. The van der Waals surface area contributed by atoms with Crippen molar-refractivity contribution in [3.8, 4) is 11.5 Å².